The molecule has 12 nitrogen and oxygen atoms in total. The number of alkyl halides is 2. The van der Waals surface area contributed by atoms with Crippen molar-refractivity contribution in [3.63, 3.8) is 0 Å². The van der Waals surface area contributed by atoms with E-state index in [9.17, 15) is 29.1 Å². The average Bonchev–Trinajstić information content (AvgIpc) is 3.81. The van der Waals surface area contributed by atoms with Crippen molar-refractivity contribution in [1.29, 1.82) is 5.26 Å². The van der Waals surface area contributed by atoms with Gasteiger partial charge in [-0.3, -0.25) is 19.6 Å². The number of nitriles is 1. The summed E-state index contributed by atoms with van der Waals surface area (Å²) in [6.07, 6.45) is 0.303. The van der Waals surface area contributed by atoms with Crippen LogP contribution in [0.1, 0.15) is 59.3 Å². The van der Waals surface area contributed by atoms with E-state index in [1.807, 2.05) is 62.4 Å². The summed E-state index contributed by atoms with van der Waals surface area (Å²) in [6.45, 7) is 7.65. The number of aromatic nitrogens is 4. The van der Waals surface area contributed by atoms with Crippen molar-refractivity contribution in [2.45, 2.75) is 58.7 Å². The number of nitrogens with zero attached hydrogens (tertiary/aromatic N) is 7. The fraction of sp³-hybridized carbons (Fsp3) is 0.333. The van der Waals surface area contributed by atoms with Gasteiger partial charge in [0.15, 0.2) is 17.2 Å². The molecule has 2 aliphatic rings. The third-order valence-electron chi connectivity index (χ3n) is 10.9. The Bertz CT molecular complexity index is 2510. The first kappa shape index (κ1) is 37.1. The fourth-order valence-electron chi connectivity index (χ4n) is 7.89. The number of anilines is 2. The Morgan fingerprint density at radius 2 is 1.62 bits per heavy atom. The number of halogens is 2. The maximum atomic E-state index is 14.1. The quantitative estimate of drug-likeness (QED) is 0.126. The molecule has 1 unspecified atom stereocenters. The highest BCUT2D eigenvalue weighted by molar-refractivity contribution is 5.90. The molecular formula is C42H40F2N8O4. The van der Waals surface area contributed by atoms with Crippen LogP contribution < -0.4 is 5.32 Å². The molecule has 0 radical (unpaired) electrons. The Labute approximate surface area is 321 Å². The summed E-state index contributed by atoms with van der Waals surface area (Å²) >= 11 is 0. The molecule has 0 amide bonds. The topological polar surface area (TPSA) is 165 Å². The van der Waals surface area contributed by atoms with E-state index in [4.69, 9.17) is 9.40 Å². The molecule has 0 bridgehead atoms. The van der Waals surface area contributed by atoms with Crippen LogP contribution >= 0.6 is 0 Å². The Morgan fingerprint density at radius 1 is 0.929 bits per heavy atom. The number of aliphatic carboxylic acids is 1. The second-order valence-corrected chi connectivity index (χ2v) is 14.7. The molecule has 0 spiro atoms. The van der Waals surface area contributed by atoms with Gasteiger partial charge in [-0.2, -0.15) is 5.26 Å². The van der Waals surface area contributed by atoms with Gasteiger partial charge in [0.05, 0.1) is 23.1 Å². The van der Waals surface area contributed by atoms with Crippen molar-refractivity contribution in [3.8, 4) is 28.7 Å². The number of rotatable bonds is 10. The first-order valence-corrected chi connectivity index (χ1v) is 18.7. The third kappa shape index (κ3) is 7.40. The summed E-state index contributed by atoms with van der Waals surface area (Å²) in [5, 5.41) is 32.6. The van der Waals surface area contributed by atoms with Crippen LogP contribution in [0.2, 0.25) is 0 Å². The highest BCUT2D eigenvalue weighted by Gasteiger charge is 2.26. The lowest BCUT2D eigenvalue weighted by molar-refractivity contribution is -0.143. The third-order valence-corrected chi connectivity index (χ3v) is 10.9. The SMILES string of the molecule is Cc1c(Nc2nc(C(F)F)nc3cc(CN4CCC(O)C4)cnc23)cccc1-c1cccc(-c2nc3cc(CN4CCC(C(=O)O)CC4)cc(C#N)c3o2)c1C. The molecule has 3 aromatic heterocycles. The first-order chi connectivity index (χ1) is 27.0. The van der Waals surface area contributed by atoms with Gasteiger partial charge >= 0.3 is 5.97 Å². The van der Waals surface area contributed by atoms with Gasteiger partial charge in [0.2, 0.25) is 5.89 Å². The largest absolute Gasteiger partial charge is 0.481 e. The van der Waals surface area contributed by atoms with Crippen molar-refractivity contribution >= 4 is 39.6 Å². The highest BCUT2D eigenvalue weighted by atomic mass is 19.3. The highest BCUT2D eigenvalue weighted by Crippen LogP contribution is 2.38. The van der Waals surface area contributed by atoms with E-state index >= 15 is 0 Å². The summed E-state index contributed by atoms with van der Waals surface area (Å²) in [5.74, 6) is -1.13. The molecular weight excluding hydrogens is 719 g/mol. The van der Waals surface area contributed by atoms with Crippen molar-refractivity contribution in [3.05, 3.63) is 94.4 Å². The van der Waals surface area contributed by atoms with E-state index in [0.717, 1.165) is 45.5 Å². The summed E-state index contributed by atoms with van der Waals surface area (Å²) in [4.78, 5) is 33.5. The first-order valence-electron chi connectivity index (χ1n) is 18.7. The van der Waals surface area contributed by atoms with Crippen molar-refractivity contribution in [2.75, 3.05) is 31.5 Å². The zero-order chi connectivity index (χ0) is 39.1. The van der Waals surface area contributed by atoms with Gasteiger partial charge in [-0.1, -0.05) is 24.3 Å². The molecule has 6 aromatic rings. The molecule has 2 fully saturated rings. The van der Waals surface area contributed by atoms with E-state index in [2.05, 4.69) is 36.1 Å². The Hall–Kier alpha value is -5.88. The lowest BCUT2D eigenvalue weighted by Crippen LogP contribution is -2.35. The zero-order valence-electron chi connectivity index (χ0n) is 31.0. The molecule has 14 heteroatoms. The van der Waals surface area contributed by atoms with Crippen LogP contribution in [0.5, 0.6) is 0 Å². The number of oxazole rings is 1. The molecule has 3 aromatic carbocycles. The molecule has 0 saturated carbocycles. The maximum Gasteiger partial charge on any atom is 0.306 e. The number of carbonyl (C=O) groups is 1. The normalized spacial score (nSPS) is 16.9. The lowest BCUT2D eigenvalue weighted by atomic mass is 9.93. The Balaban J connectivity index is 1.08. The molecule has 286 valence electrons. The van der Waals surface area contributed by atoms with Gasteiger partial charge in [-0.15, -0.1) is 0 Å². The average molecular weight is 759 g/mol. The number of likely N-dealkylation sites (tertiary alicyclic amines) is 2. The number of pyridine rings is 1. The Kier molecular flexibility index (Phi) is 10.1. The van der Waals surface area contributed by atoms with Crippen LogP contribution in [-0.4, -0.2) is 78.2 Å². The fourth-order valence-corrected chi connectivity index (χ4v) is 7.89. The second-order valence-electron chi connectivity index (χ2n) is 14.7. The number of β-amino-alcohol motifs (C(OH)–C–C–N with tert-alkyl or cyclic N) is 1. The van der Waals surface area contributed by atoms with Gasteiger partial charge in [-0.05, 0) is 110 Å². The van der Waals surface area contributed by atoms with E-state index in [1.54, 1.807) is 12.3 Å². The number of piperidine rings is 1. The van der Waals surface area contributed by atoms with E-state index in [1.165, 1.54) is 0 Å². The van der Waals surface area contributed by atoms with E-state index in [0.29, 0.717) is 91.3 Å². The second kappa shape index (κ2) is 15.3. The summed E-state index contributed by atoms with van der Waals surface area (Å²) in [5.41, 5.74) is 8.69. The minimum absolute atomic E-state index is 0.169. The number of carboxylic acids is 1. The van der Waals surface area contributed by atoms with Crippen LogP contribution in [0.3, 0.4) is 0 Å². The van der Waals surface area contributed by atoms with Gasteiger partial charge in [0, 0.05) is 43.6 Å². The summed E-state index contributed by atoms with van der Waals surface area (Å²) in [6, 6.07) is 19.3. The lowest BCUT2D eigenvalue weighted by Gasteiger charge is -2.30. The predicted molar refractivity (Wildman–Crippen MR) is 206 cm³/mol. The zero-order valence-corrected chi connectivity index (χ0v) is 31.0. The minimum atomic E-state index is -2.89. The number of fused-ring (bicyclic) bond motifs is 2. The summed E-state index contributed by atoms with van der Waals surface area (Å²) in [7, 11) is 0. The minimum Gasteiger partial charge on any atom is -0.481 e. The number of nitrogens with one attached hydrogen (secondary N) is 1. The van der Waals surface area contributed by atoms with Crippen molar-refractivity contribution in [1.82, 2.24) is 29.7 Å². The van der Waals surface area contributed by atoms with E-state index < -0.39 is 18.2 Å². The van der Waals surface area contributed by atoms with Gasteiger partial charge in [0.25, 0.3) is 6.43 Å². The van der Waals surface area contributed by atoms with E-state index in [-0.39, 0.29) is 17.8 Å². The van der Waals surface area contributed by atoms with Crippen molar-refractivity contribution < 1.29 is 28.2 Å². The Morgan fingerprint density at radius 3 is 2.34 bits per heavy atom. The van der Waals surface area contributed by atoms with Crippen LogP contribution in [0, 0.1) is 31.1 Å². The summed E-state index contributed by atoms with van der Waals surface area (Å²) < 4.78 is 34.4. The molecule has 2 saturated heterocycles. The van der Waals surface area contributed by atoms with Gasteiger partial charge < -0.3 is 19.9 Å². The predicted octanol–water partition coefficient (Wildman–Crippen LogP) is 7.53. The van der Waals surface area contributed by atoms with Crippen LogP contribution in [-0.2, 0) is 17.9 Å². The van der Waals surface area contributed by atoms with Gasteiger partial charge in [-0.25, -0.2) is 23.7 Å². The molecule has 56 heavy (non-hydrogen) atoms. The monoisotopic (exact) mass is 758 g/mol. The molecule has 0 aliphatic carbocycles. The number of aliphatic hydroxyl groups is 1. The standard InChI is InChI=1S/C42H40F2N8O4/c1-23-30(5-3-7-32(23)41-49-35-16-25(15-28(18-45)37(35)56-41)20-51-12-9-27(10-13-51)42(54)55)31-6-4-8-33(24(31)2)47-39-36-34(48-40(50-39)38(43)44)17-26(19-46-36)21-52-14-11-29(53)22-52/h3-8,15-17,19,27,29,38,53H,9-14,20-22H2,1-2H3,(H,54,55)(H,47,48,50). The number of benzene rings is 3. The van der Waals surface area contributed by atoms with Gasteiger partial charge in [0.1, 0.15) is 17.1 Å². The smallest absolute Gasteiger partial charge is 0.306 e. The molecule has 3 N–H and O–H groups in total. The van der Waals surface area contributed by atoms with Crippen LogP contribution in [0.25, 0.3) is 44.7 Å². The number of hydrogen-bond acceptors (Lipinski definition) is 11. The molecule has 1 atom stereocenters. The van der Waals surface area contributed by atoms with Crippen LogP contribution in [0.4, 0.5) is 20.3 Å². The van der Waals surface area contributed by atoms with Crippen molar-refractivity contribution in [2.24, 2.45) is 5.92 Å². The molecule has 2 aliphatic heterocycles. The van der Waals surface area contributed by atoms with Crippen LogP contribution in [0.15, 0.2) is 65.2 Å². The maximum absolute atomic E-state index is 14.1. The number of carboxylic acid groups (broad SMARTS) is 1. The number of hydrogen-bond donors (Lipinski definition) is 3. The molecule has 8 rings (SSSR count). The molecule has 5 heterocycles. The number of aliphatic hydroxyl groups excluding tert-OH is 1.